The van der Waals surface area contributed by atoms with E-state index in [4.69, 9.17) is 14.2 Å². The molecule has 3 aromatic rings. The number of carbonyl (C=O) groups excluding carboxylic acids is 2. The smallest absolute Gasteiger partial charge is 0.410 e. The quantitative estimate of drug-likeness (QED) is 0.320. The number of likely N-dealkylation sites (tertiary alicyclic amines) is 1. The lowest BCUT2D eigenvalue weighted by Crippen LogP contribution is -2.50. The molecule has 2 aromatic heterocycles. The van der Waals surface area contributed by atoms with Gasteiger partial charge in [0.15, 0.2) is 5.78 Å². The third-order valence-electron chi connectivity index (χ3n) is 6.85. The van der Waals surface area contributed by atoms with Crippen LogP contribution in [0.2, 0.25) is 0 Å². The van der Waals surface area contributed by atoms with Crippen LogP contribution in [0.25, 0.3) is 16.9 Å². The summed E-state index contributed by atoms with van der Waals surface area (Å²) in [5, 5.41) is 0. The molecule has 0 radical (unpaired) electrons. The summed E-state index contributed by atoms with van der Waals surface area (Å²) in [5.74, 6) is -1.00. The van der Waals surface area contributed by atoms with E-state index in [1.54, 1.807) is 32.9 Å². The van der Waals surface area contributed by atoms with Crippen molar-refractivity contribution in [3.05, 3.63) is 47.5 Å². The maximum Gasteiger partial charge on any atom is 0.410 e. The highest BCUT2D eigenvalue weighted by Crippen LogP contribution is 2.41. The summed E-state index contributed by atoms with van der Waals surface area (Å²) in [7, 11) is 1.35. The number of imidazole rings is 1. The van der Waals surface area contributed by atoms with Crippen LogP contribution in [0.15, 0.2) is 30.6 Å². The fraction of sp³-hybridized carbons (Fsp3) is 0.464. The van der Waals surface area contributed by atoms with Crippen molar-refractivity contribution >= 4 is 17.5 Å². The highest BCUT2D eigenvalue weighted by Gasteiger charge is 2.36. The van der Waals surface area contributed by atoms with Crippen molar-refractivity contribution in [1.82, 2.24) is 14.3 Å². The van der Waals surface area contributed by atoms with Gasteiger partial charge in [-0.3, -0.25) is 9.20 Å². The van der Waals surface area contributed by atoms with Crippen LogP contribution >= 0.6 is 0 Å². The molecular formula is C28H30F3N3O5. The van der Waals surface area contributed by atoms with Crippen molar-refractivity contribution in [3.8, 4) is 22.8 Å². The first-order valence-corrected chi connectivity index (χ1v) is 12.8. The van der Waals surface area contributed by atoms with Crippen molar-refractivity contribution in [3.63, 3.8) is 0 Å². The van der Waals surface area contributed by atoms with Crippen molar-refractivity contribution < 1.29 is 37.0 Å². The summed E-state index contributed by atoms with van der Waals surface area (Å²) in [4.78, 5) is 31.0. The summed E-state index contributed by atoms with van der Waals surface area (Å²) >= 11 is 0. The summed E-state index contributed by atoms with van der Waals surface area (Å²) in [6.07, 6.45) is 4.39. The van der Waals surface area contributed by atoms with Gasteiger partial charge in [-0.1, -0.05) is 0 Å². The van der Waals surface area contributed by atoms with Crippen LogP contribution in [-0.2, 0) is 4.74 Å². The molecule has 0 atom stereocenters. The molecule has 1 aromatic carbocycles. The fourth-order valence-electron chi connectivity index (χ4n) is 4.74. The fourth-order valence-corrected chi connectivity index (χ4v) is 4.74. The third-order valence-corrected chi connectivity index (χ3v) is 6.85. The van der Waals surface area contributed by atoms with E-state index in [9.17, 15) is 18.4 Å². The number of benzene rings is 1. The molecule has 1 saturated heterocycles. The lowest BCUT2D eigenvalue weighted by atomic mass is 9.92. The number of carbonyl (C=O) groups is 2. The van der Waals surface area contributed by atoms with E-state index in [1.807, 2.05) is 0 Å². The first-order chi connectivity index (χ1) is 18.4. The van der Waals surface area contributed by atoms with Crippen LogP contribution in [-0.4, -0.2) is 58.6 Å². The van der Waals surface area contributed by atoms with Gasteiger partial charge in [0.05, 0.1) is 19.0 Å². The Morgan fingerprint density at radius 1 is 1.13 bits per heavy atom. The van der Waals surface area contributed by atoms with Crippen LogP contribution in [0, 0.1) is 11.7 Å². The number of ether oxygens (including phenoxy) is 3. The molecule has 0 N–H and O–H groups in total. The first-order valence-electron chi connectivity index (χ1n) is 12.8. The Labute approximate surface area is 223 Å². The number of alkyl halides is 2. The topological polar surface area (TPSA) is 82.4 Å². The third kappa shape index (κ3) is 5.67. The number of rotatable bonds is 8. The minimum atomic E-state index is -3.15. The van der Waals surface area contributed by atoms with E-state index in [0.717, 1.165) is 12.8 Å². The number of methoxy groups -OCH3 is 1. The van der Waals surface area contributed by atoms with Gasteiger partial charge in [0.2, 0.25) is 0 Å². The molecule has 5 rings (SSSR count). The van der Waals surface area contributed by atoms with Crippen molar-refractivity contribution in [2.75, 3.05) is 20.2 Å². The number of nitrogens with zero attached hydrogens (tertiary/aromatic N) is 3. The summed E-state index contributed by atoms with van der Waals surface area (Å²) in [6, 6.07) is 4.48. The van der Waals surface area contributed by atoms with Gasteiger partial charge in [-0.2, -0.15) is 8.78 Å². The minimum Gasteiger partial charge on any atom is -0.496 e. The Hall–Kier alpha value is -3.76. The number of aromatic nitrogens is 2. The molecule has 8 nitrogen and oxygen atoms in total. The van der Waals surface area contributed by atoms with Gasteiger partial charge in [-0.25, -0.2) is 14.2 Å². The largest absolute Gasteiger partial charge is 0.496 e. The van der Waals surface area contributed by atoms with E-state index >= 15 is 4.39 Å². The summed E-state index contributed by atoms with van der Waals surface area (Å²) in [5.41, 5.74) is 0.962. The van der Waals surface area contributed by atoms with Gasteiger partial charge in [0, 0.05) is 37.2 Å². The van der Waals surface area contributed by atoms with Gasteiger partial charge in [-0.05, 0) is 63.3 Å². The van der Waals surface area contributed by atoms with E-state index in [2.05, 4.69) is 4.98 Å². The predicted octanol–water partition coefficient (Wildman–Crippen LogP) is 6.07. The molecule has 0 unspecified atom stereocenters. The molecule has 208 valence electrons. The second kappa shape index (κ2) is 10.1. The standard InChI is InChI=1S/C28H30F3N3O5/c1-28(2,3)39-27(36)33-12-17(13-33)18-10-24-32-11-20(34(24)14-19(18)29)16-8-22(37-4)25(21(35)7-15-5-6-15)23(9-16)38-26(30)31/h8-11,14-15,17,26H,5-7,12-13H2,1-4H3. The zero-order valence-electron chi connectivity index (χ0n) is 22.2. The van der Waals surface area contributed by atoms with E-state index in [1.165, 1.54) is 34.9 Å². The number of pyridine rings is 1. The molecule has 3 heterocycles. The van der Waals surface area contributed by atoms with Gasteiger partial charge < -0.3 is 19.1 Å². The summed E-state index contributed by atoms with van der Waals surface area (Å²) in [6.45, 7) is 2.83. The monoisotopic (exact) mass is 545 g/mol. The molecular weight excluding hydrogens is 515 g/mol. The summed E-state index contributed by atoms with van der Waals surface area (Å²) < 4.78 is 58.9. The Morgan fingerprint density at radius 2 is 1.82 bits per heavy atom. The van der Waals surface area contributed by atoms with E-state index in [-0.39, 0.29) is 41.1 Å². The van der Waals surface area contributed by atoms with Gasteiger partial charge in [-0.15, -0.1) is 0 Å². The molecule has 0 spiro atoms. The second-order valence-electron chi connectivity index (χ2n) is 11.0. The lowest BCUT2D eigenvalue weighted by molar-refractivity contribution is -0.0502. The number of ketones is 1. The molecule has 11 heteroatoms. The average Bonchev–Trinajstić information content (AvgIpc) is 3.52. The number of Topliss-reactive ketones (excluding diaryl/α,β-unsaturated/α-hetero) is 1. The second-order valence-corrected chi connectivity index (χ2v) is 11.0. The van der Waals surface area contributed by atoms with Gasteiger partial charge in [0.25, 0.3) is 0 Å². The number of hydrogen-bond acceptors (Lipinski definition) is 6. The molecule has 39 heavy (non-hydrogen) atoms. The number of hydrogen-bond donors (Lipinski definition) is 0. The van der Waals surface area contributed by atoms with E-state index < -0.39 is 24.1 Å². The SMILES string of the molecule is COc1cc(-c2cnc3cc(C4CN(C(=O)OC(C)(C)C)C4)c(F)cn23)cc(OC(F)F)c1C(=O)CC1CC1. The van der Waals surface area contributed by atoms with Crippen LogP contribution in [0.1, 0.15) is 61.9 Å². The van der Waals surface area contributed by atoms with Gasteiger partial charge >= 0.3 is 12.7 Å². The highest BCUT2D eigenvalue weighted by atomic mass is 19.3. The highest BCUT2D eigenvalue weighted by molar-refractivity contribution is 6.02. The Balaban J connectivity index is 1.44. The molecule has 1 aliphatic carbocycles. The zero-order chi connectivity index (χ0) is 28.1. The van der Waals surface area contributed by atoms with Crippen LogP contribution < -0.4 is 9.47 Å². The molecule has 1 aliphatic heterocycles. The Morgan fingerprint density at radius 3 is 2.44 bits per heavy atom. The molecule has 1 saturated carbocycles. The number of amides is 1. The average molecular weight is 546 g/mol. The Bertz CT molecular complexity index is 1420. The van der Waals surface area contributed by atoms with Gasteiger partial charge in [0.1, 0.15) is 34.1 Å². The van der Waals surface area contributed by atoms with Crippen LogP contribution in [0.5, 0.6) is 11.5 Å². The predicted molar refractivity (Wildman–Crippen MR) is 136 cm³/mol. The normalized spacial score (nSPS) is 15.9. The Kier molecular flexibility index (Phi) is 6.94. The van der Waals surface area contributed by atoms with E-state index in [0.29, 0.717) is 35.6 Å². The molecule has 0 bridgehead atoms. The molecule has 2 fully saturated rings. The zero-order valence-corrected chi connectivity index (χ0v) is 22.2. The maximum atomic E-state index is 15.3. The van der Waals surface area contributed by atoms with Crippen molar-refractivity contribution in [2.45, 2.75) is 58.2 Å². The maximum absolute atomic E-state index is 15.3. The van der Waals surface area contributed by atoms with Crippen molar-refractivity contribution in [1.29, 1.82) is 0 Å². The van der Waals surface area contributed by atoms with Crippen LogP contribution in [0.3, 0.4) is 0 Å². The number of fused-ring (bicyclic) bond motifs is 1. The van der Waals surface area contributed by atoms with Crippen molar-refractivity contribution in [2.24, 2.45) is 5.92 Å². The first kappa shape index (κ1) is 26.8. The van der Waals surface area contributed by atoms with Crippen LogP contribution in [0.4, 0.5) is 18.0 Å². The molecule has 2 aliphatic rings. The minimum absolute atomic E-state index is 0.0322. The molecule has 1 amide bonds. The lowest BCUT2D eigenvalue weighted by Gasteiger charge is -2.40. The number of halogens is 3.